The van der Waals surface area contributed by atoms with Crippen molar-refractivity contribution in [3.05, 3.63) is 29.8 Å². The molecule has 3 fully saturated rings. The average Bonchev–Trinajstić information content (AvgIpc) is 2.61. The fourth-order valence-electron chi connectivity index (χ4n) is 5.37. The van der Waals surface area contributed by atoms with Crippen LogP contribution in [-0.2, 0) is 6.42 Å². The minimum atomic E-state index is -0.993. The number of nitrogens with zero attached hydrogens (tertiary/aromatic N) is 1. The van der Waals surface area contributed by atoms with Gasteiger partial charge in [-0.1, -0.05) is 31.4 Å². The van der Waals surface area contributed by atoms with Crippen LogP contribution in [0.5, 0.6) is 5.75 Å². The molecule has 0 radical (unpaired) electrons. The second-order valence-corrected chi connectivity index (χ2v) is 8.77. The molecule has 1 saturated heterocycles. The summed E-state index contributed by atoms with van der Waals surface area (Å²) < 4.78 is 5.28. The van der Waals surface area contributed by atoms with Crippen LogP contribution >= 0.6 is 0 Å². The summed E-state index contributed by atoms with van der Waals surface area (Å²) in [6.45, 7) is 1.97. The molecule has 26 heavy (non-hydrogen) atoms. The molecule has 1 aromatic carbocycles. The SMILES string of the molecule is COc1ccc(C[C@H]2N(CC3CCC3)CC[C@@]3(O)CCCC[C@]23O)cc1. The van der Waals surface area contributed by atoms with Crippen LogP contribution < -0.4 is 4.74 Å². The summed E-state index contributed by atoms with van der Waals surface area (Å²) in [7, 11) is 1.68. The van der Waals surface area contributed by atoms with E-state index in [0.29, 0.717) is 12.8 Å². The molecular weight excluding hydrogens is 326 g/mol. The third-order valence-electron chi connectivity index (χ3n) is 7.31. The lowest BCUT2D eigenvalue weighted by atomic mass is 9.62. The maximum Gasteiger partial charge on any atom is 0.118 e. The van der Waals surface area contributed by atoms with Crippen molar-refractivity contribution >= 4 is 0 Å². The van der Waals surface area contributed by atoms with Gasteiger partial charge in [0.05, 0.1) is 12.7 Å². The molecule has 0 bridgehead atoms. The van der Waals surface area contributed by atoms with Gasteiger partial charge in [0.1, 0.15) is 11.4 Å². The molecule has 2 saturated carbocycles. The van der Waals surface area contributed by atoms with Crippen molar-refractivity contribution in [2.24, 2.45) is 5.92 Å². The van der Waals surface area contributed by atoms with Crippen LogP contribution in [0.25, 0.3) is 0 Å². The first-order valence-electron chi connectivity index (χ1n) is 10.4. The van der Waals surface area contributed by atoms with Crippen molar-refractivity contribution < 1.29 is 14.9 Å². The highest BCUT2D eigenvalue weighted by Gasteiger charge is 2.59. The summed E-state index contributed by atoms with van der Waals surface area (Å²) in [6, 6.07) is 8.17. The van der Waals surface area contributed by atoms with Crippen LogP contribution in [0.3, 0.4) is 0 Å². The molecule has 144 valence electrons. The molecule has 0 amide bonds. The van der Waals surface area contributed by atoms with E-state index in [2.05, 4.69) is 17.0 Å². The molecule has 3 aliphatic rings. The predicted octanol–water partition coefficient (Wildman–Crippen LogP) is 3.15. The molecule has 4 heteroatoms. The Morgan fingerprint density at radius 2 is 1.77 bits per heavy atom. The zero-order chi connectivity index (χ0) is 18.2. The zero-order valence-electron chi connectivity index (χ0n) is 16.0. The van der Waals surface area contributed by atoms with Crippen LogP contribution in [0, 0.1) is 5.92 Å². The van der Waals surface area contributed by atoms with E-state index in [0.717, 1.165) is 50.4 Å². The van der Waals surface area contributed by atoms with E-state index in [1.54, 1.807) is 7.11 Å². The lowest BCUT2D eigenvalue weighted by Gasteiger charge is -2.58. The van der Waals surface area contributed by atoms with Crippen molar-refractivity contribution in [1.82, 2.24) is 4.90 Å². The van der Waals surface area contributed by atoms with E-state index < -0.39 is 11.2 Å². The first kappa shape index (κ1) is 18.3. The van der Waals surface area contributed by atoms with E-state index in [4.69, 9.17) is 4.74 Å². The summed E-state index contributed by atoms with van der Waals surface area (Å²) in [5, 5.41) is 23.0. The number of benzene rings is 1. The second kappa shape index (κ2) is 7.14. The maximum absolute atomic E-state index is 11.7. The highest BCUT2D eigenvalue weighted by atomic mass is 16.5. The number of ether oxygens (including phenoxy) is 1. The second-order valence-electron chi connectivity index (χ2n) is 8.77. The van der Waals surface area contributed by atoms with Gasteiger partial charge in [-0.2, -0.15) is 0 Å². The Hall–Kier alpha value is -1.10. The summed E-state index contributed by atoms with van der Waals surface area (Å²) in [5.74, 6) is 1.63. The lowest BCUT2D eigenvalue weighted by Crippen LogP contribution is -2.72. The van der Waals surface area contributed by atoms with E-state index in [9.17, 15) is 10.2 Å². The maximum atomic E-state index is 11.7. The third-order valence-corrected chi connectivity index (χ3v) is 7.31. The van der Waals surface area contributed by atoms with Crippen molar-refractivity contribution in [1.29, 1.82) is 0 Å². The molecule has 0 unspecified atom stereocenters. The molecule has 1 heterocycles. The van der Waals surface area contributed by atoms with Gasteiger partial charge in [0.25, 0.3) is 0 Å². The van der Waals surface area contributed by atoms with E-state index >= 15 is 0 Å². The topological polar surface area (TPSA) is 52.9 Å². The summed E-state index contributed by atoms with van der Waals surface area (Å²) in [6.07, 6.45) is 8.95. The normalized spacial score (nSPS) is 35.6. The van der Waals surface area contributed by atoms with Crippen LogP contribution in [-0.4, -0.2) is 52.6 Å². The van der Waals surface area contributed by atoms with Crippen molar-refractivity contribution in [3.63, 3.8) is 0 Å². The van der Waals surface area contributed by atoms with Crippen molar-refractivity contribution in [3.8, 4) is 5.75 Å². The van der Waals surface area contributed by atoms with Crippen LogP contribution in [0.4, 0.5) is 0 Å². The highest BCUT2D eigenvalue weighted by Crippen LogP contribution is 2.47. The fraction of sp³-hybridized carbons (Fsp3) is 0.727. The van der Waals surface area contributed by atoms with Crippen molar-refractivity contribution in [2.75, 3.05) is 20.2 Å². The van der Waals surface area contributed by atoms with Gasteiger partial charge in [0, 0.05) is 19.1 Å². The smallest absolute Gasteiger partial charge is 0.118 e. The van der Waals surface area contributed by atoms with Gasteiger partial charge in [-0.15, -0.1) is 0 Å². The van der Waals surface area contributed by atoms with Gasteiger partial charge in [-0.05, 0) is 62.1 Å². The standard InChI is InChI=1S/C22H33NO3/c1-26-19-9-7-17(8-10-19)15-20-22(25)12-3-2-11-21(22,24)13-14-23(20)16-18-5-4-6-18/h7-10,18,20,24-25H,2-6,11-16H2,1H3/t20-,21+,22+/m1/s1. The first-order chi connectivity index (χ1) is 12.5. The number of hydrogen-bond donors (Lipinski definition) is 2. The molecule has 4 rings (SSSR count). The quantitative estimate of drug-likeness (QED) is 0.848. The molecule has 1 aromatic rings. The van der Waals surface area contributed by atoms with Gasteiger partial charge in [-0.3, -0.25) is 4.90 Å². The van der Waals surface area contributed by atoms with Gasteiger partial charge < -0.3 is 14.9 Å². The monoisotopic (exact) mass is 359 g/mol. The predicted molar refractivity (Wildman–Crippen MR) is 102 cm³/mol. The molecule has 0 spiro atoms. The number of aliphatic hydroxyl groups is 2. The third kappa shape index (κ3) is 3.17. The Kier molecular flexibility index (Phi) is 5.02. The van der Waals surface area contributed by atoms with Gasteiger partial charge in [-0.25, -0.2) is 0 Å². The van der Waals surface area contributed by atoms with E-state index in [-0.39, 0.29) is 6.04 Å². The minimum absolute atomic E-state index is 0.00413. The largest absolute Gasteiger partial charge is 0.497 e. The van der Waals surface area contributed by atoms with Gasteiger partial charge in [0.2, 0.25) is 0 Å². The molecule has 3 atom stereocenters. The number of rotatable bonds is 5. The number of piperidine rings is 1. The van der Waals surface area contributed by atoms with Crippen LogP contribution in [0.2, 0.25) is 0 Å². The molecular formula is C22H33NO3. The first-order valence-corrected chi connectivity index (χ1v) is 10.4. The number of hydrogen-bond acceptors (Lipinski definition) is 4. The van der Waals surface area contributed by atoms with Crippen LogP contribution in [0.1, 0.15) is 56.9 Å². The Morgan fingerprint density at radius 1 is 1.04 bits per heavy atom. The van der Waals surface area contributed by atoms with Crippen molar-refractivity contribution in [2.45, 2.75) is 75.0 Å². The van der Waals surface area contributed by atoms with E-state index in [1.807, 2.05) is 12.1 Å². The Labute approximate surface area is 157 Å². The van der Waals surface area contributed by atoms with Crippen LogP contribution in [0.15, 0.2) is 24.3 Å². The minimum Gasteiger partial charge on any atom is -0.497 e. The lowest BCUT2D eigenvalue weighted by molar-refractivity contribution is -0.236. The van der Waals surface area contributed by atoms with E-state index in [1.165, 1.54) is 24.8 Å². The molecule has 0 aromatic heterocycles. The Bertz CT molecular complexity index is 614. The fourth-order valence-corrected chi connectivity index (χ4v) is 5.37. The molecule has 4 nitrogen and oxygen atoms in total. The number of methoxy groups -OCH3 is 1. The van der Waals surface area contributed by atoms with Gasteiger partial charge >= 0.3 is 0 Å². The summed E-state index contributed by atoms with van der Waals surface area (Å²) in [4.78, 5) is 2.49. The number of likely N-dealkylation sites (tertiary alicyclic amines) is 1. The summed E-state index contributed by atoms with van der Waals surface area (Å²) >= 11 is 0. The average molecular weight is 360 g/mol. The Morgan fingerprint density at radius 3 is 2.42 bits per heavy atom. The van der Waals surface area contributed by atoms with Gasteiger partial charge in [0.15, 0.2) is 0 Å². The Balaban J connectivity index is 1.60. The zero-order valence-corrected chi connectivity index (χ0v) is 16.0. The molecule has 1 aliphatic heterocycles. The molecule has 2 aliphatic carbocycles. The summed E-state index contributed by atoms with van der Waals surface area (Å²) in [5.41, 5.74) is -0.705. The number of fused-ring (bicyclic) bond motifs is 1. The highest BCUT2D eigenvalue weighted by molar-refractivity contribution is 5.29. The molecule has 2 N–H and O–H groups in total.